The number of carboxylic acids is 1. The van der Waals surface area contributed by atoms with Gasteiger partial charge in [-0.05, 0) is 24.6 Å². The monoisotopic (exact) mass is 254 g/mol. The molecule has 0 amide bonds. The van der Waals surface area contributed by atoms with Crippen LogP contribution in [0.5, 0.6) is 0 Å². The Morgan fingerprint density at radius 2 is 2.24 bits per heavy atom. The third-order valence-electron chi connectivity index (χ3n) is 2.68. The molecule has 1 aromatic carbocycles. The van der Waals surface area contributed by atoms with Crippen LogP contribution in [0.2, 0.25) is 0 Å². The molecular formula is C12H15ClN2O2. The van der Waals surface area contributed by atoms with Gasteiger partial charge in [-0.1, -0.05) is 11.6 Å². The molecule has 0 spiro atoms. The highest BCUT2D eigenvalue weighted by Gasteiger charge is 2.14. The van der Waals surface area contributed by atoms with Crippen LogP contribution in [0, 0.1) is 6.92 Å². The van der Waals surface area contributed by atoms with E-state index in [0.29, 0.717) is 6.42 Å². The third-order valence-corrected chi connectivity index (χ3v) is 2.68. The van der Waals surface area contributed by atoms with E-state index in [1.165, 1.54) is 0 Å². The first-order valence-electron chi connectivity index (χ1n) is 5.13. The number of fused-ring (bicyclic) bond motifs is 1. The Morgan fingerprint density at radius 3 is 2.88 bits per heavy atom. The molecule has 0 aliphatic heterocycles. The summed E-state index contributed by atoms with van der Waals surface area (Å²) in [5, 5.41) is 9.82. The van der Waals surface area contributed by atoms with Gasteiger partial charge in [-0.2, -0.15) is 0 Å². The molecule has 92 valence electrons. The molecular weight excluding hydrogens is 240 g/mol. The smallest absolute Gasteiger partial charge is 0.320 e. The van der Waals surface area contributed by atoms with E-state index < -0.39 is 12.0 Å². The molecule has 17 heavy (non-hydrogen) atoms. The summed E-state index contributed by atoms with van der Waals surface area (Å²) in [6.45, 7) is 2.01. The van der Waals surface area contributed by atoms with E-state index >= 15 is 0 Å². The fourth-order valence-electron chi connectivity index (χ4n) is 1.79. The van der Waals surface area contributed by atoms with Crippen LogP contribution in [0.4, 0.5) is 0 Å². The molecule has 4 N–H and O–H groups in total. The average Bonchev–Trinajstić information content (AvgIpc) is 2.61. The highest BCUT2D eigenvalue weighted by Crippen LogP contribution is 2.20. The van der Waals surface area contributed by atoms with Gasteiger partial charge in [0.1, 0.15) is 6.04 Å². The molecule has 2 rings (SSSR count). The van der Waals surface area contributed by atoms with Crippen molar-refractivity contribution in [1.82, 2.24) is 4.98 Å². The molecule has 4 nitrogen and oxygen atoms in total. The number of hydrogen-bond donors (Lipinski definition) is 3. The lowest BCUT2D eigenvalue weighted by Gasteiger charge is -2.05. The zero-order valence-corrected chi connectivity index (χ0v) is 10.3. The van der Waals surface area contributed by atoms with Crippen LogP contribution in [0.3, 0.4) is 0 Å². The minimum absolute atomic E-state index is 0. The number of carboxylic acid groups (broad SMARTS) is 1. The molecule has 0 aliphatic rings. The molecule has 0 bridgehead atoms. The number of aliphatic carboxylic acids is 1. The maximum absolute atomic E-state index is 10.7. The van der Waals surface area contributed by atoms with Crippen molar-refractivity contribution >= 4 is 29.3 Å². The maximum atomic E-state index is 10.7. The lowest BCUT2D eigenvalue weighted by Crippen LogP contribution is -2.32. The van der Waals surface area contributed by atoms with Crippen LogP contribution >= 0.6 is 12.4 Å². The van der Waals surface area contributed by atoms with Gasteiger partial charge >= 0.3 is 5.97 Å². The Kier molecular flexibility index (Phi) is 4.15. The predicted molar refractivity (Wildman–Crippen MR) is 69.6 cm³/mol. The molecule has 5 heteroatoms. The van der Waals surface area contributed by atoms with E-state index in [1.807, 2.05) is 31.3 Å². The van der Waals surface area contributed by atoms with Crippen LogP contribution < -0.4 is 5.73 Å². The topological polar surface area (TPSA) is 79.1 Å². The molecule has 0 unspecified atom stereocenters. The first-order chi connectivity index (χ1) is 7.58. The largest absolute Gasteiger partial charge is 0.480 e. The van der Waals surface area contributed by atoms with E-state index in [9.17, 15) is 4.79 Å². The Labute approximate surface area is 105 Å². The number of hydrogen-bond acceptors (Lipinski definition) is 2. The molecule has 0 saturated heterocycles. The zero-order chi connectivity index (χ0) is 11.7. The lowest BCUT2D eigenvalue weighted by atomic mass is 10.0. The summed E-state index contributed by atoms with van der Waals surface area (Å²) in [6, 6.07) is 5.19. The van der Waals surface area contributed by atoms with E-state index in [-0.39, 0.29) is 12.4 Å². The number of H-pyrrole nitrogens is 1. The quantitative estimate of drug-likeness (QED) is 0.782. The van der Waals surface area contributed by atoms with Crippen molar-refractivity contribution in [2.24, 2.45) is 5.73 Å². The average molecular weight is 255 g/mol. The zero-order valence-electron chi connectivity index (χ0n) is 9.43. The third kappa shape index (κ3) is 2.78. The second kappa shape index (κ2) is 5.21. The predicted octanol–water partition coefficient (Wildman–Crippen LogP) is 1.85. The van der Waals surface area contributed by atoms with Crippen molar-refractivity contribution in [1.29, 1.82) is 0 Å². The van der Waals surface area contributed by atoms with Gasteiger partial charge in [0, 0.05) is 23.5 Å². The summed E-state index contributed by atoms with van der Waals surface area (Å²) in [7, 11) is 0. The van der Waals surface area contributed by atoms with Gasteiger partial charge in [0.15, 0.2) is 0 Å². The molecule has 1 aromatic heterocycles. The van der Waals surface area contributed by atoms with Gasteiger partial charge in [-0.3, -0.25) is 4.79 Å². The molecule has 1 atom stereocenters. The minimum atomic E-state index is -0.970. The van der Waals surface area contributed by atoms with Crippen molar-refractivity contribution in [3.63, 3.8) is 0 Å². The van der Waals surface area contributed by atoms with Crippen LogP contribution in [0.15, 0.2) is 24.4 Å². The van der Waals surface area contributed by atoms with Gasteiger partial charge in [0.2, 0.25) is 0 Å². The normalized spacial score (nSPS) is 12.1. The number of nitrogens with two attached hydrogens (primary N) is 1. The summed E-state index contributed by atoms with van der Waals surface area (Å²) in [4.78, 5) is 13.8. The SMILES string of the molecule is Cc1ccc2[nH]cc(C[C@H](N)C(=O)O)c2c1.Cl. The Hall–Kier alpha value is -1.52. The Balaban J connectivity index is 0.00000144. The van der Waals surface area contributed by atoms with Crippen LogP contribution in [-0.2, 0) is 11.2 Å². The fourth-order valence-corrected chi connectivity index (χ4v) is 1.79. The minimum Gasteiger partial charge on any atom is -0.480 e. The van der Waals surface area contributed by atoms with E-state index in [1.54, 1.807) is 0 Å². The Bertz CT molecular complexity index is 536. The Morgan fingerprint density at radius 1 is 1.53 bits per heavy atom. The number of carbonyl (C=O) groups is 1. The van der Waals surface area contributed by atoms with Crippen molar-refractivity contribution in [2.75, 3.05) is 0 Å². The first kappa shape index (κ1) is 13.5. The number of aryl methyl sites for hydroxylation is 1. The molecule has 1 heterocycles. The van der Waals surface area contributed by atoms with E-state index in [4.69, 9.17) is 10.8 Å². The van der Waals surface area contributed by atoms with Crippen molar-refractivity contribution in [2.45, 2.75) is 19.4 Å². The van der Waals surface area contributed by atoms with Crippen molar-refractivity contribution < 1.29 is 9.90 Å². The second-order valence-electron chi connectivity index (χ2n) is 4.01. The van der Waals surface area contributed by atoms with Crippen molar-refractivity contribution in [3.05, 3.63) is 35.5 Å². The van der Waals surface area contributed by atoms with Crippen molar-refractivity contribution in [3.8, 4) is 0 Å². The van der Waals surface area contributed by atoms with E-state index in [2.05, 4.69) is 4.98 Å². The summed E-state index contributed by atoms with van der Waals surface area (Å²) in [5.41, 5.74) is 8.64. The number of halogens is 1. The van der Waals surface area contributed by atoms with Gasteiger partial charge in [-0.15, -0.1) is 12.4 Å². The standard InChI is InChI=1S/C12H14N2O2.ClH/c1-7-2-3-11-9(4-7)8(6-14-11)5-10(13)12(15)16;/h2-4,6,10,14H,5,13H2,1H3,(H,15,16);1H/t10-;/m0./s1. The lowest BCUT2D eigenvalue weighted by molar-refractivity contribution is -0.138. The summed E-state index contributed by atoms with van der Waals surface area (Å²) >= 11 is 0. The molecule has 0 saturated carbocycles. The number of aromatic nitrogens is 1. The molecule has 0 fully saturated rings. The molecule has 2 aromatic rings. The molecule has 0 radical (unpaired) electrons. The van der Waals surface area contributed by atoms with Crippen LogP contribution in [0.1, 0.15) is 11.1 Å². The van der Waals surface area contributed by atoms with Gasteiger partial charge < -0.3 is 15.8 Å². The highest BCUT2D eigenvalue weighted by atomic mass is 35.5. The number of benzene rings is 1. The summed E-state index contributed by atoms with van der Waals surface area (Å²) in [6.07, 6.45) is 2.17. The van der Waals surface area contributed by atoms with Gasteiger partial charge in [0.25, 0.3) is 0 Å². The van der Waals surface area contributed by atoms with Gasteiger partial charge in [-0.25, -0.2) is 0 Å². The van der Waals surface area contributed by atoms with E-state index in [0.717, 1.165) is 22.0 Å². The second-order valence-corrected chi connectivity index (χ2v) is 4.01. The maximum Gasteiger partial charge on any atom is 0.320 e. The summed E-state index contributed by atoms with van der Waals surface area (Å²) < 4.78 is 0. The first-order valence-corrected chi connectivity index (χ1v) is 5.13. The van der Waals surface area contributed by atoms with Crippen LogP contribution in [-0.4, -0.2) is 22.1 Å². The summed E-state index contributed by atoms with van der Waals surface area (Å²) in [5.74, 6) is -0.970. The number of aromatic amines is 1. The number of rotatable bonds is 3. The van der Waals surface area contributed by atoms with Gasteiger partial charge in [0.05, 0.1) is 0 Å². The fraction of sp³-hybridized carbons (Fsp3) is 0.250. The highest BCUT2D eigenvalue weighted by molar-refractivity contribution is 5.85. The van der Waals surface area contributed by atoms with Crippen LogP contribution in [0.25, 0.3) is 10.9 Å². The molecule has 0 aliphatic carbocycles. The number of nitrogens with one attached hydrogen (secondary N) is 1.